The molecule has 0 aromatic heterocycles. The van der Waals surface area contributed by atoms with Crippen LogP contribution in [0.4, 0.5) is 0 Å². The first-order valence-electron chi connectivity index (χ1n) is 5.66. The fourth-order valence-corrected chi connectivity index (χ4v) is 2.63. The van der Waals surface area contributed by atoms with Crippen molar-refractivity contribution >= 4 is 11.8 Å². The highest BCUT2D eigenvalue weighted by atomic mass is 16.5. The Hall–Kier alpha value is -1.14. The van der Waals surface area contributed by atoms with E-state index in [4.69, 9.17) is 5.73 Å². The molecule has 17 heavy (non-hydrogen) atoms. The van der Waals surface area contributed by atoms with Crippen molar-refractivity contribution in [1.82, 2.24) is 10.4 Å². The van der Waals surface area contributed by atoms with Crippen molar-refractivity contribution in [3.05, 3.63) is 0 Å². The number of nitrogens with zero attached hydrogens (tertiary/aromatic N) is 1. The van der Waals surface area contributed by atoms with E-state index in [1.807, 2.05) is 27.7 Å². The van der Waals surface area contributed by atoms with E-state index in [9.17, 15) is 14.8 Å². The van der Waals surface area contributed by atoms with E-state index in [1.165, 1.54) is 5.06 Å². The first-order valence-corrected chi connectivity index (χ1v) is 5.66. The molecule has 0 spiro atoms. The lowest BCUT2D eigenvalue weighted by molar-refractivity contribution is -0.246. The SMILES string of the molecule is CC1(C)CC(NC(=O)C(N)=O)CC(C)(C)N1O. The van der Waals surface area contributed by atoms with Crippen LogP contribution in [0.3, 0.4) is 0 Å². The van der Waals surface area contributed by atoms with Crippen LogP contribution in [0.15, 0.2) is 0 Å². The van der Waals surface area contributed by atoms with E-state index >= 15 is 0 Å². The van der Waals surface area contributed by atoms with E-state index in [1.54, 1.807) is 0 Å². The fraction of sp³-hybridized carbons (Fsp3) is 0.818. The van der Waals surface area contributed by atoms with Gasteiger partial charge in [-0.15, -0.1) is 0 Å². The predicted molar refractivity (Wildman–Crippen MR) is 62.1 cm³/mol. The summed E-state index contributed by atoms with van der Waals surface area (Å²) in [5, 5.41) is 14.0. The van der Waals surface area contributed by atoms with E-state index in [0.717, 1.165) is 0 Å². The molecule has 1 aliphatic rings. The molecule has 1 fully saturated rings. The van der Waals surface area contributed by atoms with Gasteiger partial charge in [0, 0.05) is 17.1 Å². The first kappa shape index (κ1) is 13.9. The smallest absolute Gasteiger partial charge is 0.309 e. The summed E-state index contributed by atoms with van der Waals surface area (Å²) in [6, 6.07) is -0.164. The lowest BCUT2D eigenvalue weighted by Crippen LogP contribution is -2.63. The highest BCUT2D eigenvalue weighted by molar-refractivity contribution is 6.34. The first-order chi connectivity index (χ1) is 7.56. The maximum atomic E-state index is 11.3. The topological polar surface area (TPSA) is 95.7 Å². The van der Waals surface area contributed by atoms with Gasteiger partial charge in [0.25, 0.3) is 0 Å². The molecule has 0 aromatic rings. The molecule has 98 valence electrons. The van der Waals surface area contributed by atoms with Crippen LogP contribution in [0.25, 0.3) is 0 Å². The van der Waals surface area contributed by atoms with Crippen LogP contribution in [0.5, 0.6) is 0 Å². The van der Waals surface area contributed by atoms with Crippen molar-refractivity contribution in [3.8, 4) is 0 Å². The Kier molecular flexibility index (Phi) is 3.50. The molecule has 6 heteroatoms. The number of hydroxylamine groups is 2. The summed E-state index contributed by atoms with van der Waals surface area (Å²) in [4.78, 5) is 22.0. The largest absolute Gasteiger partial charge is 0.361 e. The van der Waals surface area contributed by atoms with Crippen molar-refractivity contribution in [2.24, 2.45) is 5.73 Å². The zero-order valence-corrected chi connectivity index (χ0v) is 10.8. The molecule has 1 rings (SSSR count). The average Bonchev–Trinajstić information content (AvgIpc) is 2.12. The third-order valence-corrected chi connectivity index (χ3v) is 3.20. The Morgan fingerprint density at radius 3 is 2.00 bits per heavy atom. The normalized spacial score (nSPS) is 24.3. The molecule has 0 aromatic carbocycles. The number of hydrogen-bond donors (Lipinski definition) is 3. The summed E-state index contributed by atoms with van der Waals surface area (Å²) in [6.45, 7) is 7.54. The van der Waals surface area contributed by atoms with Gasteiger partial charge in [0.15, 0.2) is 0 Å². The molecule has 2 amide bonds. The van der Waals surface area contributed by atoms with Crippen molar-refractivity contribution < 1.29 is 14.8 Å². The Bertz CT molecular complexity index is 321. The van der Waals surface area contributed by atoms with E-state index in [2.05, 4.69) is 5.32 Å². The number of carbonyl (C=O) groups is 2. The highest BCUT2D eigenvalue weighted by Crippen LogP contribution is 2.36. The molecule has 1 saturated heterocycles. The highest BCUT2D eigenvalue weighted by Gasteiger charge is 2.45. The summed E-state index contributed by atoms with van der Waals surface area (Å²) >= 11 is 0. The van der Waals surface area contributed by atoms with Crippen LogP contribution in [0.1, 0.15) is 40.5 Å². The number of rotatable bonds is 1. The third kappa shape index (κ3) is 2.95. The van der Waals surface area contributed by atoms with Crippen LogP contribution in [0, 0.1) is 0 Å². The van der Waals surface area contributed by atoms with Crippen molar-refractivity contribution in [2.45, 2.75) is 57.7 Å². The molecule has 0 aliphatic carbocycles. The summed E-state index contributed by atoms with van der Waals surface area (Å²) < 4.78 is 0. The lowest BCUT2D eigenvalue weighted by Gasteiger charge is -2.51. The Morgan fingerprint density at radius 1 is 1.24 bits per heavy atom. The average molecular weight is 243 g/mol. The van der Waals surface area contributed by atoms with E-state index in [-0.39, 0.29) is 6.04 Å². The number of hydrogen-bond acceptors (Lipinski definition) is 4. The minimum absolute atomic E-state index is 0.164. The van der Waals surface area contributed by atoms with Crippen molar-refractivity contribution in [1.29, 1.82) is 0 Å². The van der Waals surface area contributed by atoms with Crippen molar-refractivity contribution in [2.75, 3.05) is 0 Å². The summed E-state index contributed by atoms with van der Waals surface area (Å²) in [5.41, 5.74) is 3.98. The van der Waals surface area contributed by atoms with Gasteiger partial charge in [-0.25, -0.2) is 0 Å². The van der Waals surface area contributed by atoms with E-state index in [0.29, 0.717) is 12.8 Å². The molecule has 0 bridgehead atoms. The molecule has 0 atom stereocenters. The fourth-order valence-electron chi connectivity index (χ4n) is 2.63. The maximum Gasteiger partial charge on any atom is 0.309 e. The van der Waals surface area contributed by atoms with Crippen molar-refractivity contribution in [3.63, 3.8) is 0 Å². The predicted octanol–water partition coefficient (Wildman–Crippen LogP) is -0.00130. The Balaban J connectivity index is 2.78. The van der Waals surface area contributed by atoms with Gasteiger partial charge in [0.05, 0.1) is 0 Å². The molecule has 0 saturated carbocycles. The molecular formula is C11H21N3O3. The summed E-state index contributed by atoms with van der Waals surface area (Å²) in [5.74, 6) is -1.75. The molecular weight excluding hydrogens is 222 g/mol. The Morgan fingerprint density at radius 2 is 1.65 bits per heavy atom. The lowest BCUT2D eigenvalue weighted by atomic mass is 9.79. The molecule has 4 N–H and O–H groups in total. The number of amides is 2. The zero-order valence-electron chi connectivity index (χ0n) is 10.8. The molecule has 0 radical (unpaired) electrons. The second-order valence-corrected chi connectivity index (χ2v) is 5.88. The van der Waals surface area contributed by atoms with Gasteiger partial charge in [-0.2, -0.15) is 5.06 Å². The van der Waals surface area contributed by atoms with Gasteiger partial charge >= 0.3 is 11.8 Å². The van der Waals surface area contributed by atoms with Crippen LogP contribution in [-0.4, -0.2) is 39.2 Å². The van der Waals surface area contributed by atoms with E-state index < -0.39 is 22.9 Å². The second kappa shape index (κ2) is 4.27. The molecule has 6 nitrogen and oxygen atoms in total. The third-order valence-electron chi connectivity index (χ3n) is 3.20. The number of nitrogens with one attached hydrogen (secondary N) is 1. The van der Waals surface area contributed by atoms with Gasteiger partial charge in [-0.3, -0.25) is 9.59 Å². The standard InChI is InChI=1S/C11H21N3O3/c1-10(2)5-7(13-9(16)8(12)15)6-11(3,4)14(10)17/h7,17H,5-6H2,1-4H3,(H2,12,15)(H,13,16). The molecule has 1 heterocycles. The van der Waals surface area contributed by atoms with Crippen LogP contribution in [-0.2, 0) is 9.59 Å². The second-order valence-electron chi connectivity index (χ2n) is 5.88. The van der Waals surface area contributed by atoms with Crippen LogP contribution >= 0.6 is 0 Å². The Labute approximate surface area is 101 Å². The van der Waals surface area contributed by atoms with Gasteiger partial charge in [0.2, 0.25) is 0 Å². The maximum absolute atomic E-state index is 11.3. The van der Waals surface area contributed by atoms with Gasteiger partial charge in [-0.1, -0.05) is 0 Å². The van der Waals surface area contributed by atoms with Gasteiger partial charge in [0.1, 0.15) is 0 Å². The van der Waals surface area contributed by atoms with Gasteiger partial charge < -0.3 is 16.3 Å². The number of carbonyl (C=O) groups excluding carboxylic acids is 2. The molecule has 0 unspecified atom stereocenters. The zero-order chi connectivity index (χ0) is 13.4. The minimum Gasteiger partial charge on any atom is -0.361 e. The monoisotopic (exact) mass is 243 g/mol. The number of nitrogens with two attached hydrogens (primary N) is 1. The minimum atomic E-state index is -0.980. The summed E-state index contributed by atoms with van der Waals surface area (Å²) in [6.07, 6.45) is 1.12. The van der Waals surface area contributed by atoms with Gasteiger partial charge in [-0.05, 0) is 40.5 Å². The van der Waals surface area contributed by atoms with Crippen LogP contribution < -0.4 is 11.1 Å². The van der Waals surface area contributed by atoms with Crippen LogP contribution in [0.2, 0.25) is 0 Å². The summed E-state index contributed by atoms with van der Waals surface area (Å²) in [7, 11) is 0. The number of primary amides is 1. The number of piperidine rings is 1. The quantitative estimate of drug-likeness (QED) is 0.565. The molecule has 1 aliphatic heterocycles.